The Hall–Kier alpha value is -1.49. The smallest absolute Gasteiger partial charge is 0.322 e. The summed E-state index contributed by atoms with van der Waals surface area (Å²) in [6, 6.07) is 6.02. The van der Waals surface area contributed by atoms with Crippen LogP contribution in [0.1, 0.15) is 11.1 Å². The fraction of sp³-hybridized carbons (Fsp3) is 0.333. The van der Waals surface area contributed by atoms with Gasteiger partial charge in [0.2, 0.25) is 5.91 Å². The molecular formula is C12H15NO3S. The molecule has 0 atom stereocenters. The number of aliphatic carboxylic acids is 1. The number of rotatable bonds is 5. The lowest BCUT2D eigenvalue weighted by Crippen LogP contribution is -2.30. The SMILES string of the molecule is Cc1ccc(SCC(=O)NCC(=O)O)c(C)c1. The molecule has 0 radical (unpaired) electrons. The number of nitrogens with one attached hydrogen (secondary N) is 1. The summed E-state index contributed by atoms with van der Waals surface area (Å²) in [5.74, 6) is -1.07. The number of benzene rings is 1. The van der Waals surface area contributed by atoms with Crippen molar-refractivity contribution in [3.05, 3.63) is 29.3 Å². The molecule has 1 aromatic rings. The zero-order chi connectivity index (χ0) is 12.8. The van der Waals surface area contributed by atoms with Gasteiger partial charge in [0.25, 0.3) is 0 Å². The third kappa shape index (κ3) is 4.91. The summed E-state index contributed by atoms with van der Waals surface area (Å²) in [7, 11) is 0. The van der Waals surface area contributed by atoms with Crippen molar-refractivity contribution in [2.75, 3.05) is 12.3 Å². The first-order chi connectivity index (χ1) is 7.99. The van der Waals surface area contributed by atoms with E-state index < -0.39 is 5.97 Å². The van der Waals surface area contributed by atoms with Crippen LogP contribution in [0.4, 0.5) is 0 Å². The van der Waals surface area contributed by atoms with E-state index in [1.807, 2.05) is 26.0 Å². The van der Waals surface area contributed by atoms with Crippen LogP contribution in [-0.4, -0.2) is 29.3 Å². The third-order valence-corrected chi connectivity index (χ3v) is 3.30. The Morgan fingerprint density at radius 2 is 2.06 bits per heavy atom. The minimum absolute atomic E-state index is 0.233. The number of carbonyl (C=O) groups excluding carboxylic acids is 1. The molecule has 1 amide bonds. The normalized spacial score (nSPS) is 10.0. The molecule has 92 valence electrons. The quantitative estimate of drug-likeness (QED) is 0.782. The van der Waals surface area contributed by atoms with Crippen LogP contribution in [0, 0.1) is 13.8 Å². The van der Waals surface area contributed by atoms with Crippen LogP contribution in [0.15, 0.2) is 23.1 Å². The van der Waals surface area contributed by atoms with Gasteiger partial charge in [0.1, 0.15) is 6.54 Å². The van der Waals surface area contributed by atoms with Gasteiger partial charge in [0, 0.05) is 4.90 Å². The lowest BCUT2D eigenvalue weighted by molar-refractivity contribution is -0.137. The lowest BCUT2D eigenvalue weighted by atomic mass is 10.2. The van der Waals surface area contributed by atoms with Crippen LogP contribution < -0.4 is 5.32 Å². The number of carboxylic acids is 1. The van der Waals surface area contributed by atoms with Crippen molar-refractivity contribution in [3.63, 3.8) is 0 Å². The molecule has 0 saturated carbocycles. The molecule has 0 spiro atoms. The first-order valence-corrected chi connectivity index (χ1v) is 6.16. The molecule has 5 heteroatoms. The van der Waals surface area contributed by atoms with Crippen LogP contribution in [-0.2, 0) is 9.59 Å². The van der Waals surface area contributed by atoms with Gasteiger partial charge in [-0.3, -0.25) is 9.59 Å². The van der Waals surface area contributed by atoms with Gasteiger partial charge in [0.15, 0.2) is 0 Å². The Labute approximate surface area is 104 Å². The first-order valence-electron chi connectivity index (χ1n) is 5.17. The summed E-state index contributed by atoms with van der Waals surface area (Å²) in [5.41, 5.74) is 2.31. The molecule has 0 heterocycles. The number of carbonyl (C=O) groups is 2. The molecule has 4 nitrogen and oxygen atoms in total. The van der Waals surface area contributed by atoms with E-state index in [2.05, 4.69) is 11.4 Å². The average molecular weight is 253 g/mol. The minimum atomic E-state index is -1.03. The summed E-state index contributed by atoms with van der Waals surface area (Å²) < 4.78 is 0. The molecule has 0 aromatic heterocycles. The zero-order valence-electron chi connectivity index (χ0n) is 9.82. The monoisotopic (exact) mass is 253 g/mol. The van der Waals surface area contributed by atoms with E-state index in [9.17, 15) is 9.59 Å². The standard InChI is InChI=1S/C12H15NO3S/c1-8-3-4-10(9(2)5-8)17-7-11(14)13-6-12(15)16/h3-5H,6-7H2,1-2H3,(H,13,14)(H,15,16). The van der Waals surface area contributed by atoms with Crippen LogP contribution in [0.5, 0.6) is 0 Å². The Balaban J connectivity index is 2.44. The zero-order valence-corrected chi connectivity index (χ0v) is 10.6. The highest BCUT2D eigenvalue weighted by atomic mass is 32.2. The highest BCUT2D eigenvalue weighted by Gasteiger charge is 2.06. The first kappa shape index (κ1) is 13.6. The predicted octanol–water partition coefficient (Wildman–Crippen LogP) is 1.60. The predicted molar refractivity (Wildman–Crippen MR) is 67.3 cm³/mol. The van der Waals surface area contributed by atoms with Gasteiger partial charge in [-0.2, -0.15) is 0 Å². The molecule has 0 unspecified atom stereocenters. The highest BCUT2D eigenvalue weighted by molar-refractivity contribution is 8.00. The second-order valence-electron chi connectivity index (χ2n) is 3.73. The minimum Gasteiger partial charge on any atom is -0.480 e. The van der Waals surface area contributed by atoms with Crippen LogP contribution in [0.3, 0.4) is 0 Å². The van der Waals surface area contributed by atoms with Crippen LogP contribution in [0.25, 0.3) is 0 Å². The maximum Gasteiger partial charge on any atom is 0.322 e. The number of hydrogen-bond acceptors (Lipinski definition) is 3. The van der Waals surface area contributed by atoms with Crippen molar-refractivity contribution in [3.8, 4) is 0 Å². The van der Waals surface area contributed by atoms with E-state index in [1.165, 1.54) is 17.3 Å². The van der Waals surface area contributed by atoms with Gasteiger partial charge in [0.05, 0.1) is 5.75 Å². The Kier molecular flexibility index (Phi) is 5.03. The fourth-order valence-electron chi connectivity index (χ4n) is 1.33. The number of carboxylic acid groups (broad SMARTS) is 1. The van der Waals surface area contributed by atoms with Gasteiger partial charge in [-0.15, -0.1) is 11.8 Å². The van der Waals surface area contributed by atoms with Crippen LogP contribution in [0.2, 0.25) is 0 Å². The highest BCUT2D eigenvalue weighted by Crippen LogP contribution is 2.22. The summed E-state index contributed by atoms with van der Waals surface area (Å²) in [6.45, 7) is 3.68. The third-order valence-electron chi connectivity index (χ3n) is 2.13. The van der Waals surface area contributed by atoms with Gasteiger partial charge >= 0.3 is 5.97 Å². The summed E-state index contributed by atoms with van der Waals surface area (Å²) in [4.78, 5) is 22.6. The lowest BCUT2D eigenvalue weighted by Gasteiger charge is -2.06. The van der Waals surface area contributed by atoms with Crippen molar-refractivity contribution < 1.29 is 14.7 Å². The summed E-state index contributed by atoms with van der Waals surface area (Å²) in [5, 5.41) is 10.7. The maximum absolute atomic E-state index is 11.3. The van der Waals surface area contributed by atoms with E-state index >= 15 is 0 Å². The van der Waals surface area contributed by atoms with Gasteiger partial charge in [-0.1, -0.05) is 17.7 Å². The topological polar surface area (TPSA) is 66.4 Å². The largest absolute Gasteiger partial charge is 0.480 e. The van der Waals surface area contributed by atoms with E-state index in [0.29, 0.717) is 0 Å². The average Bonchev–Trinajstić information content (AvgIpc) is 2.25. The Morgan fingerprint density at radius 3 is 2.65 bits per heavy atom. The maximum atomic E-state index is 11.3. The molecule has 0 bridgehead atoms. The number of thioether (sulfide) groups is 1. The molecule has 2 N–H and O–H groups in total. The molecule has 1 aromatic carbocycles. The van der Waals surface area contributed by atoms with Crippen molar-refractivity contribution in [1.82, 2.24) is 5.32 Å². The van der Waals surface area contributed by atoms with Crippen LogP contribution >= 0.6 is 11.8 Å². The molecule has 17 heavy (non-hydrogen) atoms. The van der Waals surface area contributed by atoms with Gasteiger partial charge in [-0.05, 0) is 25.5 Å². The molecular weight excluding hydrogens is 238 g/mol. The Morgan fingerprint density at radius 1 is 1.35 bits per heavy atom. The molecule has 0 aliphatic carbocycles. The van der Waals surface area contributed by atoms with E-state index in [1.54, 1.807) is 0 Å². The molecule has 0 saturated heterocycles. The molecule has 0 aliphatic rings. The summed E-state index contributed by atoms with van der Waals surface area (Å²) in [6.07, 6.45) is 0. The van der Waals surface area contributed by atoms with E-state index in [4.69, 9.17) is 5.11 Å². The fourth-order valence-corrected chi connectivity index (χ4v) is 2.17. The number of amides is 1. The molecule has 1 rings (SSSR count). The number of aryl methyl sites for hydroxylation is 2. The van der Waals surface area contributed by atoms with E-state index in [-0.39, 0.29) is 18.2 Å². The molecule has 0 aliphatic heterocycles. The summed E-state index contributed by atoms with van der Waals surface area (Å²) >= 11 is 1.41. The van der Waals surface area contributed by atoms with Gasteiger partial charge < -0.3 is 10.4 Å². The Bertz CT molecular complexity index is 432. The van der Waals surface area contributed by atoms with Crippen molar-refractivity contribution in [2.45, 2.75) is 18.7 Å². The van der Waals surface area contributed by atoms with Crippen molar-refractivity contribution in [2.24, 2.45) is 0 Å². The van der Waals surface area contributed by atoms with Crippen molar-refractivity contribution >= 4 is 23.6 Å². The van der Waals surface area contributed by atoms with E-state index in [0.717, 1.165) is 10.5 Å². The van der Waals surface area contributed by atoms with Crippen molar-refractivity contribution in [1.29, 1.82) is 0 Å². The molecule has 0 fully saturated rings. The number of hydrogen-bond donors (Lipinski definition) is 2. The second-order valence-corrected chi connectivity index (χ2v) is 4.75. The second kappa shape index (κ2) is 6.30. The van der Waals surface area contributed by atoms with Gasteiger partial charge in [-0.25, -0.2) is 0 Å².